The first-order valence-corrected chi connectivity index (χ1v) is 3.86. The van der Waals surface area contributed by atoms with Gasteiger partial charge in [0, 0.05) is 5.92 Å². The average molecular weight is 148 g/mol. The molecule has 0 bridgehead atoms. The molecule has 0 nitrogen and oxygen atoms in total. The predicted molar refractivity (Wildman–Crippen MR) is 52.5 cm³/mol. The first-order chi connectivity index (χ1) is 5.26. The Morgan fingerprint density at radius 1 is 1.45 bits per heavy atom. The minimum Gasteiger partial charge on any atom is -0.102 e. The highest BCUT2D eigenvalue weighted by molar-refractivity contribution is 5.23. The van der Waals surface area contributed by atoms with Crippen molar-refractivity contribution in [1.82, 2.24) is 0 Å². The third kappa shape index (κ3) is 3.61. The largest absolute Gasteiger partial charge is 0.102 e. The summed E-state index contributed by atoms with van der Waals surface area (Å²) >= 11 is 0. The molecule has 0 saturated carbocycles. The Balaban J connectivity index is 4.09. The minimum atomic E-state index is 0.409. The molecule has 60 valence electrons. The van der Waals surface area contributed by atoms with E-state index in [0.29, 0.717) is 5.92 Å². The van der Waals surface area contributed by atoms with Crippen LogP contribution in [0.4, 0.5) is 0 Å². The quantitative estimate of drug-likeness (QED) is 0.413. The molecule has 0 spiro atoms. The second-order valence-corrected chi connectivity index (χ2v) is 2.42. The van der Waals surface area contributed by atoms with Gasteiger partial charge in [-0.25, -0.2) is 0 Å². The van der Waals surface area contributed by atoms with Crippen molar-refractivity contribution in [3.8, 4) is 0 Å². The summed E-state index contributed by atoms with van der Waals surface area (Å²) in [5, 5.41) is 0. The van der Waals surface area contributed by atoms with Crippen LogP contribution in [0.5, 0.6) is 0 Å². The van der Waals surface area contributed by atoms with Gasteiger partial charge in [-0.2, -0.15) is 0 Å². The van der Waals surface area contributed by atoms with Crippen molar-refractivity contribution >= 4 is 0 Å². The first kappa shape index (κ1) is 9.96. The van der Waals surface area contributed by atoms with E-state index in [1.165, 1.54) is 0 Å². The molecule has 0 N–H and O–H groups in total. The van der Waals surface area contributed by atoms with Crippen LogP contribution < -0.4 is 0 Å². The molecule has 0 aromatic carbocycles. The normalized spacial score (nSPS) is 12.8. The molecule has 11 heavy (non-hydrogen) atoms. The Hall–Kier alpha value is -1.04. The Labute approximate surface area is 69.6 Å². The lowest BCUT2D eigenvalue weighted by Gasteiger charge is -2.08. The number of allylic oxidation sites excluding steroid dienone is 5. The van der Waals surface area contributed by atoms with E-state index in [9.17, 15) is 0 Å². The standard InChI is InChI=1S/C11H16/c1-5-8-9-10(4)11(6-2)7-3/h5-6,8-9,11H,1-2,4,7H2,3H3/b9-8-. The van der Waals surface area contributed by atoms with Crippen LogP contribution in [-0.2, 0) is 0 Å². The summed E-state index contributed by atoms with van der Waals surface area (Å²) in [6.07, 6.45) is 8.61. The maximum atomic E-state index is 3.93. The van der Waals surface area contributed by atoms with Crippen LogP contribution in [0.15, 0.2) is 49.6 Å². The summed E-state index contributed by atoms with van der Waals surface area (Å²) in [6.45, 7) is 13.4. The van der Waals surface area contributed by atoms with Crippen molar-refractivity contribution in [1.29, 1.82) is 0 Å². The lowest BCUT2D eigenvalue weighted by Crippen LogP contribution is -1.94. The molecule has 1 unspecified atom stereocenters. The predicted octanol–water partition coefficient (Wildman–Crippen LogP) is 3.50. The van der Waals surface area contributed by atoms with Crippen molar-refractivity contribution in [3.05, 3.63) is 49.6 Å². The monoisotopic (exact) mass is 148 g/mol. The van der Waals surface area contributed by atoms with E-state index < -0.39 is 0 Å². The lowest BCUT2D eigenvalue weighted by molar-refractivity contribution is 0.748. The molecule has 0 amide bonds. The highest BCUT2D eigenvalue weighted by Gasteiger charge is 2.00. The van der Waals surface area contributed by atoms with Crippen LogP contribution in [-0.4, -0.2) is 0 Å². The zero-order valence-electron chi connectivity index (χ0n) is 7.22. The van der Waals surface area contributed by atoms with Crippen LogP contribution in [0.2, 0.25) is 0 Å². The number of hydrogen-bond donors (Lipinski definition) is 0. The van der Waals surface area contributed by atoms with Gasteiger partial charge in [0.25, 0.3) is 0 Å². The molecule has 0 saturated heterocycles. The SMILES string of the molecule is C=C/C=C\C(=C)C(C=C)CC. The lowest BCUT2D eigenvalue weighted by atomic mass is 9.98. The average Bonchev–Trinajstić information content (AvgIpc) is 2.03. The molecule has 0 aliphatic carbocycles. The Morgan fingerprint density at radius 2 is 2.09 bits per heavy atom. The fourth-order valence-electron chi connectivity index (χ4n) is 0.895. The van der Waals surface area contributed by atoms with Gasteiger partial charge in [0.2, 0.25) is 0 Å². The first-order valence-electron chi connectivity index (χ1n) is 3.86. The Morgan fingerprint density at radius 3 is 2.45 bits per heavy atom. The molecule has 0 radical (unpaired) electrons. The molecule has 0 rings (SSSR count). The molecule has 1 atom stereocenters. The van der Waals surface area contributed by atoms with Crippen molar-refractivity contribution in [2.24, 2.45) is 5.92 Å². The molecule has 0 aliphatic rings. The van der Waals surface area contributed by atoms with Gasteiger partial charge in [0.1, 0.15) is 0 Å². The molecule has 0 aromatic heterocycles. The maximum Gasteiger partial charge on any atom is 0.000676 e. The zero-order valence-corrected chi connectivity index (χ0v) is 7.22. The summed E-state index contributed by atoms with van der Waals surface area (Å²) in [4.78, 5) is 0. The van der Waals surface area contributed by atoms with E-state index in [-0.39, 0.29) is 0 Å². The van der Waals surface area contributed by atoms with E-state index in [2.05, 4.69) is 26.7 Å². The second kappa shape index (κ2) is 5.72. The molecular weight excluding hydrogens is 132 g/mol. The molecule has 0 heterocycles. The summed E-state index contributed by atoms with van der Waals surface area (Å²) in [6, 6.07) is 0. The molecular formula is C11H16. The van der Waals surface area contributed by atoms with Crippen molar-refractivity contribution in [2.45, 2.75) is 13.3 Å². The number of hydrogen-bond acceptors (Lipinski definition) is 0. The fourth-order valence-corrected chi connectivity index (χ4v) is 0.895. The highest BCUT2D eigenvalue weighted by atomic mass is 14.1. The zero-order chi connectivity index (χ0) is 8.69. The Kier molecular flexibility index (Phi) is 5.18. The van der Waals surface area contributed by atoms with Gasteiger partial charge in [-0.1, -0.05) is 44.4 Å². The molecule has 0 heteroatoms. The maximum absolute atomic E-state index is 3.93. The number of rotatable bonds is 5. The molecule has 0 aromatic rings. The van der Waals surface area contributed by atoms with Gasteiger partial charge in [0.15, 0.2) is 0 Å². The molecule has 0 aliphatic heterocycles. The van der Waals surface area contributed by atoms with Gasteiger partial charge in [-0.05, 0) is 12.0 Å². The highest BCUT2D eigenvalue weighted by Crippen LogP contribution is 2.14. The van der Waals surface area contributed by atoms with Gasteiger partial charge in [-0.3, -0.25) is 0 Å². The third-order valence-electron chi connectivity index (χ3n) is 1.65. The topological polar surface area (TPSA) is 0 Å². The smallest absolute Gasteiger partial charge is 0.000676 e. The van der Waals surface area contributed by atoms with Gasteiger partial charge < -0.3 is 0 Å². The summed E-state index contributed by atoms with van der Waals surface area (Å²) in [7, 11) is 0. The Bertz CT molecular complexity index is 172. The minimum absolute atomic E-state index is 0.409. The summed E-state index contributed by atoms with van der Waals surface area (Å²) in [5.74, 6) is 0.409. The fraction of sp³-hybridized carbons (Fsp3) is 0.273. The van der Waals surface area contributed by atoms with Crippen molar-refractivity contribution in [2.75, 3.05) is 0 Å². The van der Waals surface area contributed by atoms with Crippen molar-refractivity contribution < 1.29 is 0 Å². The summed E-state index contributed by atoms with van der Waals surface area (Å²) in [5.41, 5.74) is 1.10. The van der Waals surface area contributed by atoms with E-state index >= 15 is 0 Å². The van der Waals surface area contributed by atoms with Crippen LogP contribution in [0.3, 0.4) is 0 Å². The van der Waals surface area contributed by atoms with E-state index in [0.717, 1.165) is 12.0 Å². The third-order valence-corrected chi connectivity index (χ3v) is 1.65. The van der Waals surface area contributed by atoms with E-state index in [4.69, 9.17) is 0 Å². The van der Waals surface area contributed by atoms with Gasteiger partial charge >= 0.3 is 0 Å². The summed E-state index contributed by atoms with van der Waals surface area (Å²) < 4.78 is 0. The van der Waals surface area contributed by atoms with Crippen LogP contribution in [0, 0.1) is 5.92 Å². The van der Waals surface area contributed by atoms with Crippen molar-refractivity contribution in [3.63, 3.8) is 0 Å². The van der Waals surface area contributed by atoms with Crippen LogP contribution in [0.25, 0.3) is 0 Å². The van der Waals surface area contributed by atoms with Crippen LogP contribution >= 0.6 is 0 Å². The van der Waals surface area contributed by atoms with Gasteiger partial charge in [-0.15, -0.1) is 6.58 Å². The van der Waals surface area contributed by atoms with E-state index in [1.807, 2.05) is 18.2 Å². The molecule has 0 fully saturated rings. The van der Waals surface area contributed by atoms with E-state index in [1.54, 1.807) is 6.08 Å². The van der Waals surface area contributed by atoms with Gasteiger partial charge in [0.05, 0.1) is 0 Å². The second-order valence-electron chi connectivity index (χ2n) is 2.42. The van der Waals surface area contributed by atoms with Crippen LogP contribution in [0.1, 0.15) is 13.3 Å².